The molecular weight excluding hydrogens is 547 g/mol. The lowest BCUT2D eigenvalue weighted by Crippen LogP contribution is -2.41. The van der Waals surface area contributed by atoms with Crippen molar-refractivity contribution >= 4 is 51.6 Å². The molecule has 2 aromatic heterocycles. The van der Waals surface area contributed by atoms with Crippen molar-refractivity contribution in [2.75, 3.05) is 5.48 Å². The average molecular weight is 579 g/mol. The van der Waals surface area contributed by atoms with Gasteiger partial charge in [-0.1, -0.05) is 32.0 Å². The van der Waals surface area contributed by atoms with Crippen LogP contribution in [0.3, 0.4) is 0 Å². The summed E-state index contributed by atoms with van der Waals surface area (Å²) in [4.78, 5) is 32.3. The number of carbonyl (C=O) groups is 2. The van der Waals surface area contributed by atoms with Gasteiger partial charge in [0, 0.05) is 5.38 Å². The van der Waals surface area contributed by atoms with Crippen LogP contribution in [0.2, 0.25) is 0 Å². The van der Waals surface area contributed by atoms with Crippen LogP contribution < -0.4 is 10.8 Å². The van der Waals surface area contributed by atoms with Crippen molar-refractivity contribution in [2.24, 2.45) is 11.8 Å². The Kier molecular flexibility index (Phi) is 10.6. The molecule has 0 aliphatic heterocycles. The molecule has 3 rings (SSSR count). The van der Waals surface area contributed by atoms with Crippen LogP contribution in [0.5, 0.6) is 0 Å². The predicted octanol–water partition coefficient (Wildman–Crippen LogP) is 5.41. The first-order valence-electron chi connectivity index (χ1n) is 12.1. The molecule has 1 amide bonds. The summed E-state index contributed by atoms with van der Waals surface area (Å²) in [6.07, 6.45) is 0.753. The van der Waals surface area contributed by atoms with Crippen LogP contribution in [0.1, 0.15) is 58.3 Å². The molecule has 1 unspecified atom stereocenters. The third-order valence-corrected chi connectivity index (χ3v) is 7.38. The highest BCUT2D eigenvalue weighted by Crippen LogP contribution is 2.31. The Morgan fingerprint density at radius 3 is 2.42 bits per heavy atom. The number of hydrogen-bond acceptors (Lipinski definition) is 10. The summed E-state index contributed by atoms with van der Waals surface area (Å²) >= 11 is 0.379. The van der Waals surface area contributed by atoms with Crippen LogP contribution >= 0.6 is 22.7 Å². The first kappa shape index (κ1) is 29.9. The van der Waals surface area contributed by atoms with E-state index in [0.29, 0.717) is 24.2 Å². The number of nitrogens with one attached hydrogen (secondary N) is 2. The molecule has 2 N–H and O–H groups in total. The maximum absolute atomic E-state index is 13.5. The van der Waals surface area contributed by atoms with Gasteiger partial charge in [0.1, 0.15) is 27.9 Å². The maximum Gasteiger partial charge on any atom is 0.319 e. The SMILES string of the molecule is CC(C)C[C@@H](C(=O)N[C@@H](Cc1ccc(NOS(=O)[O-])cc1)c1csc(-c2cccs2)n1)C(=O)OC(C)(C)C. The van der Waals surface area contributed by atoms with Crippen molar-refractivity contribution < 1.29 is 27.4 Å². The number of hydrogen-bond donors (Lipinski definition) is 2. The first-order valence-corrected chi connectivity index (χ1v) is 14.8. The van der Waals surface area contributed by atoms with Gasteiger partial charge in [-0.15, -0.1) is 22.7 Å². The fraction of sp³-hybridized carbons (Fsp3) is 0.423. The Hall–Kier alpha value is -2.64. The van der Waals surface area contributed by atoms with Gasteiger partial charge in [0.05, 0.1) is 22.3 Å². The van der Waals surface area contributed by atoms with E-state index in [1.165, 1.54) is 11.3 Å². The number of ether oxygens (including phenoxy) is 1. The topological polar surface area (TPSA) is 130 Å². The summed E-state index contributed by atoms with van der Waals surface area (Å²) in [5, 5.41) is 7.80. The normalized spacial score (nSPS) is 14.1. The Morgan fingerprint density at radius 2 is 1.84 bits per heavy atom. The molecule has 12 heteroatoms. The van der Waals surface area contributed by atoms with Gasteiger partial charge in [0.15, 0.2) is 0 Å². The number of amides is 1. The molecule has 0 saturated carbocycles. The molecule has 3 atom stereocenters. The van der Waals surface area contributed by atoms with E-state index in [1.54, 1.807) is 56.4 Å². The van der Waals surface area contributed by atoms with E-state index in [1.807, 2.05) is 36.7 Å². The maximum atomic E-state index is 13.5. The molecule has 0 aliphatic carbocycles. The quantitative estimate of drug-likeness (QED) is 0.126. The van der Waals surface area contributed by atoms with Crippen LogP contribution in [-0.4, -0.2) is 31.2 Å². The fourth-order valence-electron chi connectivity index (χ4n) is 3.64. The number of thiazole rings is 1. The summed E-state index contributed by atoms with van der Waals surface area (Å²) in [5.41, 5.74) is 3.62. The number of aromatic nitrogens is 1. The van der Waals surface area contributed by atoms with Gasteiger partial charge in [-0.2, -0.15) is 4.28 Å². The lowest BCUT2D eigenvalue weighted by molar-refractivity contribution is -0.163. The largest absolute Gasteiger partial charge is 0.748 e. The molecular formula is C26H32N3O6S3-. The smallest absolute Gasteiger partial charge is 0.319 e. The van der Waals surface area contributed by atoms with E-state index in [-0.39, 0.29) is 5.92 Å². The zero-order chi connectivity index (χ0) is 27.9. The molecule has 0 radical (unpaired) electrons. The van der Waals surface area contributed by atoms with E-state index in [2.05, 4.69) is 15.1 Å². The predicted molar refractivity (Wildman–Crippen MR) is 149 cm³/mol. The number of rotatable bonds is 12. The standard InChI is InChI=1S/C26H33N3O6S3/c1-16(2)13-19(25(31)34-26(3,4)5)23(30)27-20(21-15-37-24(28-21)22-7-6-12-36-22)14-17-8-10-18(11-9-17)29-35-38(32)33/h6-12,15-16,19-20,29H,13-14H2,1-5H3,(H,27,30)(H,32,33)/p-1/t19-,20-/m0/s1. The minimum absolute atomic E-state index is 0.104. The number of nitrogens with zero attached hydrogens (tertiary/aromatic N) is 1. The molecule has 206 valence electrons. The summed E-state index contributed by atoms with van der Waals surface area (Å²) in [6, 6.07) is 10.4. The average Bonchev–Trinajstić information content (AvgIpc) is 3.52. The molecule has 38 heavy (non-hydrogen) atoms. The molecule has 9 nitrogen and oxygen atoms in total. The monoisotopic (exact) mass is 578 g/mol. The Morgan fingerprint density at radius 1 is 1.13 bits per heavy atom. The molecule has 3 aromatic rings. The number of thiophene rings is 1. The lowest BCUT2D eigenvalue weighted by atomic mass is 9.95. The van der Waals surface area contributed by atoms with Gasteiger partial charge < -0.3 is 14.6 Å². The van der Waals surface area contributed by atoms with Crippen molar-refractivity contribution in [3.05, 3.63) is 58.4 Å². The first-order chi connectivity index (χ1) is 17.9. The van der Waals surface area contributed by atoms with Gasteiger partial charge in [0.25, 0.3) is 0 Å². The third-order valence-electron chi connectivity index (χ3n) is 5.26. The lowest BCUT2D eigenvalue weighted by Gasteiger charge is -2.26. The fourth-order valence-corrected chi connectivity index (χ4v) is 5.49. The minimum atomic E-state index is -2.70. The van der Waals surface area contributed by atoms with E-state index in [9.17, 15) is 18.4 Å². The molecule has 0 fully saturated rings. The van der Waals surface area contributed by atoms with Crippen molar-refractivity contribution in [3.63, 3.8) is 0 Å². The highest BCUT2D eigenvalue weighted by Gasteiger charge is 2.33. The van der Waals surface area contributed by atoms with Gasteiger partial charge in [-0.05, 0) is 68.7 Å². The molecule has 1 aromatic carbocycles. The van der Waals surface area contributed by atoms with Crippen LogP contribution in [0, 0.1) is 11.8 Å². The molecule has 2 heterocycles. The Labute approximate surface area is 233 Å². The minimum Gasteiger partial charge on any atom is -0.748 e. The van der Waals surface area contributed by atoms with Crippen molar-refractivity contribution in [2.45, 2.75) is 59.1 Å². The van der Waals surface area contributed by atoms with E-state index >= 15 is 0 Å². The van der Waals surface area contributed by atoms with Gasteiger partial charge in [0.2, 0.25) is 5.91 Å². The second-order valence-electron chi connectivity index (χ2n) is 10.1. The van der Waals surface area contributed by atoms with E-state index in [4.69, 9.17) is 9.72 Å². The molecule has 0 saturated heterocycles. The van der Waals surface area contributed by atoms with Crippen LogP contribution in [0.15, 0.2) is 47.2 Å². The number of anilines is 1. The Bertz CT molecular complexity index is 1220. The Balaban J connectivity index is 1.85. The summed E-state index contributed by atoms with van der Waals surface area (Å²) in [6.45, 7) is 9.24. The van der Waals surface area contributed by atoms with Crippen LogP contribution in [0.25, 0.3) is 9.88 Å². The zero-order valence-electron chi connectivity index (χ0n) is 21.9. The van der Waals surface area contributed by atoms with Gasteiger partial charge in [-0.25, -0.2) is 9.19 Å². The third kappa shape index (κ3) is 9.28. The molecule has 0 bridgehead atoms. The number of esters is 1. The van der Waals surface area contributed by atoms with Gasteiger partial charge in [-0.3, -0.25) is 15.1 Å². The van der Waals surface area contributed by atoms with E-state index in [0.717, 1.165) is 15.4 Å². The second kappa shape index (κ2) is 13.4. The van der Waals surface area contributed by atoms with Crippen LogP contribution in [-0.2, 0) is 36.4 Å². The molecule has 0 aliphatic rings. The van der Waals surface area contributed by atoms with Crippen molar-refractivity contribution in [3.8, 4) is 9.88 Å². The highest BCUT2D eigenvalue weighted by atomic mass is 32.2. The van der Waals surface area contributed by atoms with Gasteiger partial charge >= 0.3 is 5.97 Å². The van der Waals surface area contributed by atoms with Crippen molar-refractivity contribution in [1.82, 2.24) is 10.3 Å². The zero-order valence-corrected chi connectivity index (χ0v) is 24.3. The second-order valence-corrected chi connectivity index (χ2v) is 12.5. The summed E-state index contributed by atoms with van der Waals surface area (Å²) in [5.74, 6) is -1.81. The number of carbonyl (C=O) groups excluding carboxylic acids is 2. The van der Waals surface area contributed by atoms with E-state index < -0.39 is 40.8 Å². The number of benzene rings is 1. The highest BCUT2D eigenvalue weighted by molar-refractivity contribution is 7.74. The van der Waals surface area contributed by atoms with Crippen LogP contribution in [0.4, 0.5) is 5.69 Å². The molecule has 0 spiro atoms. The summed E-state index contributed by atoms with van der Waals surface area (Å²) < 4.78 is 31.2. The summed E-state index contributed by atoms with van der Waals surface area (Å²) in [7, 11) is 0. The van der Waals surface area contributed by atoms with Crippen molar-refractivity contribution in [1.29, 1.82) is 0 Å².